The largest absolute Gasteiger partial charge is 0.452 e. The second kappa shape index (κ2) is 8.13. The molecule has 2 atom stereocenters. The van der Waals surface area contributed by atoms with Crippen LogP contribution < -0.4 is 5.32 Å². The molecule has 0 aliphatic carbocycles. The van der Waals surface area contributed by atoms with Crippen molar-refractivity contribution >= 4 is 33.5 Å². The summed E-state index contributed by atoms with van der Waals surface area (Å²) in [5.74, 6) is -1.08. The molecule has 1 N–H and O–H groups in total. The highest BCUT2D eigenvalue weighted by molar-refractivity contribution is 7.99. The smallest absolute Gasteiger partial charge is 0.317 e. The van der Waals surface area contributed by atoms with Crippen LogP contribution in [0, 0.1) is 13.8 Å². The van der Waals surface area contributed by atoms with Crippen molar-refractivity contribution in [3.8, 4) is 0 Å². The third-order valence-corrected chi connectivity index (χ3v) is 6.13. The van der Waals surface area contributed by atoms with E-state index < -0.39 is 33.9 Å². The first-order chi connectivity index (χ1) is 11.6. The number of ether oxygens (including phenoxy) is 1. The molecule has 1 aromatic rings. The fraction of sp³-hybridized carbons (Fsp3) is 0.600. The molecule has 0 spiro atoms. The monoisotopic (exact) mass is 387 g/mol. The summed E-state index contributed by atoms with van der Waals surface area (Å²) in [5, 5.41) is 3.08. The summed E-state index contributed by atoms with van der Waals surface area (Å²) in [6.07, 6.45) is -0.606. The van der Waals surface area contributed by atoms with Gasteiger partial charge in [-0.05, 0) is 33.3 Å². The highest BCUT2D eigenvalue weighted by Crippen LogP contribution is 2.15. The molecule has 2 heterocycles. The number of esters is 1. The van der Waals surface area contributed by atoms with Crippen molar-refractivity contribution in [1.82, 2.24) is 15.3 Å². The number of amides is 1. The molecule has 25 heavy (non-hydrogen) atoms. The van der Waals surface area contributed by atoms with Gasteiger partial charge in [-0.2, -0.15) is 0 Å². The van der Waals surface area contributed by atoms with Crippen LogP contribution in [0.1, 0.15) is 24.7 Å². The first kappa shape index (κ1) is 19.6. The van der Waals surface area contributed by atoms with Gasteiger partial charge < -0.3 is 10.1 Å². The first-order valence-corrected chi connectivity index (χ1v) is 10.6. The highest BCUT2D eigenvalue weighted by Gasteiger charge is 2.30. The zero-order valence-electron chi connectivity index (χ0n) is 14.3. The second-order valence-corrected chi connectivity index (χ2v) is 9.13. The number of aryl methyl sites for hydroxylation is 2. The predicted molar refractivity (Wildman–Crippen MR) is 93.0 cm³/mol. The molecule has 10 heteroatoms. The van der Waals surface area contributed by atoms with Crippen LogP contribution in [-0.2, 0) is 24.2 Å². The lowest BCUT2D eigenvalue weighted by Crippen LogP contribution is -2.42. The van der Waals surface area contributed by atoms with Crippen molar-refractivity contribution in [2.24, 2.45) is 0 Å². The summed E-state index contributed by atoms with van der Waals surface area (Å²) >= 11 is 1.14. The minimum absolute atomic E-state index is 0.0156. The first-order valence-electron chi connectivity index (χ1n) is 7.80. The maximum atomic E-state index is 12.0. The average Bonchev–Trinajstić information content (AvgIpc) is 2.83. The van der Waals surface area contributed by atoms with Gasteiger partial charge in [-0.15, -0.1) is 0 Å². The molecule has 0 aromatic carbocycles. The van der Waals surface area contributed by atoms with Crippen LogP contribution in [-0.4, -0.2) is 59.7 Å². The van der Waals surface area contributed by atoms with Gasteiger partial charge >= 0.3 is 5.97 Å². The summed E-state index contributed by atoms with van der Waals surface area (Å²) in [6, 6.07) is 1.41. The molecule has 1 saturated heterocycles. The lowest BCUT2D eigenvalue weighted by molar-refractivity contribution is -0.152. The number of nitrogens with one attached hydrogen (secondary N) is 1. The van der Waals surface area contributed by atoms with Crippen LogP contribution >= 0.6 is 11.8 Å². The van der Waals surface area contributed by atoms with Gasteiger partial charge in [-0.3, -0.25) is 9.59 Å². The van der Waals surface area contributed by atoms with E-state index in [2.05, 4.69) is 15.3 Å². The molecule has 2 rings (SSSR count). The topological polar surface area (TPSA) is 115 Å². The minimum Gasteiger partial charge on any atom is -0.452 e. The van der Waals surface area contributed by atoms with Crippen LogP contribution in [0.5, 0.6) is 0 Å². The van der Waals surface area contributed by atoms with Crippen molar-refractivity contribution in [3.05, 3.63) is 17.5 Å². The standard InChI is InChI=1S/C15H21N3O5S2/c1-9-6-10(2)17-15(16-9)24-7-13(19)23-11(3)14(20)18-12-4-5-25(21,22)8-12/h6,11-12H,4-5,7-8H2,1-3H3,(H,18,20)/t11-,12-/m1/s1. The maximum absolute atomic E-state index is 12.0. The Hall–Kier alpha value is -1.68. The number of rotatable bonds is 6. The Balaban J connectivity index is 1.78. The van der Waals surface area contributed by atoms with E-state index in [1.54, 1.807) is 0 Å². The molecular weight excluding hydrogens is 366 g/mol. The van der Waals surface area contributed by atoms with Gasteiger partial charge in [0.2, 0.25) is 0 Å². The minimum atomic E-state index is -3.08. The molecule has 1 fully saturated rings. The fourth-order valence-electron chi connectivity index (χ4n) is 2.39. The summed E-state index contributed by atoms with van der Waals surface area (Å²) in [5.41, 5.74) is 1.62. The summed E-state index contributed by atoms with van der Waals surface area (Å²) in [7, 11) is -3.08. The van der Waals surface area contributed by atoms with E-state index in [1.165, 1.54) is 6.92 Å². The zero-order chi connectivity index (χ0) is 18.6. The van der Waals surface area contributed by atoms with E-state index in [1.807, 2.05) is 19.9 Å². The Labute approximate surface area is 151 Å². The summed E-state index contributed by atoms with van der Waals surface area (Å²) < 4.78 is 27.9. The van der Waals surface area contributed by atoms with Crippen molar-refractivity contribution in [2.75, 3.05) is 17.3 Å². The molecule has 0 bridgehead atoms. The van der Waals surface area contributed by atoms with E-state index in [-0.39, 0.29) is 17.3 Å². The van der Waals surface area contributed by atoms with Crippen molar-refractivity contribution in [2.45, 2.75) is 44.5 Å². The van der Waals surface area contributed by atoms with Crippen molar-refractivity contribution in [3.63, 3.8) is 0 Å². The van der Waals surface area contributed by atoms with E-state index in [9.17, 15) is 18.0 Å². The Morgan fingerprint density at radius 3 is 2.56 bits per heavy atom. The Kier molecular flexibility index (Phi) is 6.39. The van der Waals surface area contributed by atoms with Crippen LogP contribution in [0.4, 0.5) is 0 Å². The lowest BCUT2D eigenvalue weighted by Gasteiger charge is -2.16. The number of hydrogen-bond acceptors (Lipinski definition) is 8. The number of hydrogen-bond donors (Lipinski definition) is 1. The molecule has 1 aromatic heterocycles. The van der Waals surface area contributed by atoms with E-state index >= 15 is 0 Å². The quantitative estimate of drug-likeness (QED) is 0.424. The molecule has 0 radical (unpaired) electrons. The third-order valence-electron chi connectivity index (χ3n) is 3.54. The SMILES string of the molecule is Cc1cc(C)nc(SCC(=O)O[C@H](C)C(=O)N[C@@H]2CCS(=O)(=O)C2)n1. The van der Waals surface area contributed by atoms with Gasteiger partial charge in [0.25, 0.3) is 5.91 Å². The fourth-order valence-corrected chi connectivity index (χ4v) is 4.80. The molecule has 8 nitrogen and oxygen atoms in total. The number of nitrogens with zero attached hydrogens (tertiary/aromatic N) is 2. The van der Waals surface area contributed by atoms with Gasteiger partial charge in [0.15, 0.2) is 21.1 Å². The van der Waals surface area contributed by atoms with Crippen LogP contribution in [0.15, 0.2) is 11.2 Å². The number of carbonyl (C=O) groups excluding carboxylic acids is 2. The van der Waals surface area contributed by atoms with E-state index in [0.717, 1.165) is 23.1 Å². The Morgan fingerprint density at radius 1 is 1.36 bits per heavy atom. The van der Waals surface area contributed by atoms with Crippen molar-refractivity contribution in [1.29, 1.82) is 0 Å². The van der Waals surface area contributed by atoms with Crippen molar-refractivity contribution < 1.29 is 22.7 Å². The Bertz CT molecular complexity index is 746. The summed E-state index contributed by atoms with van der Waals surface area (Å²) in [6.45, 7) is 5.13. The number of sulfone groups is 1. The maximum Gasteiger partial charge on any atom is 0.317 e. The number of thioether (sulfide) groups is 1. The predicted octanol–water partition coefficient (Wildman–Crippen LogP) is 0.421. The van der Waals surface area contributed by atoms with Gasteiger partial charge in [-0.1, -0.05) is 11.8 Å². The van der Waals surface area contributed by atoms with Crippen LogP contribution in [0.25, 0.3) is 0 Å². The van der Waals surface area contributed by atoms with Crippen LogP contribution in [0.3, 0.4) is 0 Å². The van der Waals surface area contributed by atoms with Gasteiger partial charge in [0.05, 0.1) is 17.3 Å². The normalized spacial score (nSPS) is 20.0. The van der Waals surface area contributed by atoms with Gasteiger partial charge in [0.1, 0.15) is 0 Å². The second-order valence-electron chi connectivity index (χ2n) is 5.96. The molecule has 1 aliphatic heterocycles. The number of aromatic nitrogens is 2. The molecule has 0 saturated carbocycles. The lowest BCUT2D eigenvalue weighted by atomic mass is 10.2. The van der Waals surface area contributed by atoms with Gasteiger partial charge in [0, 0.05) is 17.4 Å². The Morgan fingerprint density at radius 2 is 2.00 bits per heavy atom. The highest BCUT2D eigenvalue weighted by atomic mass is 32.2. The average molecular weight is 387 g/mol. The molecule has 0 unspecified atom stereocenters. The molecule has 138 valence electrons. The zero-order valence-corrected chi connectivity index (χ0v) is 15.9. The van der Waals surface area contributed by atoms with Crippen LogP contribution in [0.2, 0.25) is 0 Å². The molecule has 1 amide bonds. The third kappa shape index (κ3) is 6.28. The molecule has 1 aliphatic rings. The van der Waals surface area contributed by atoms with Gasteiger partial charge in [-0.25, -0.2) is 18.4 Å². The van der Waals surface area contributed by atoms with E-state index in [4.69, 9.17) is 4.74 Å². The molecular formula is C15H21N3O5S2. The summed E-state index contributed by atoms with van der Waals surface area (Å²) in [4.78, 5) is 32.3. The van der Waals surface area contributed by atoms with E-state index in [0.29, 0.717) is 11.6 Å². The number of carbonyl (C=O) groups is 2.